The molecule has 1 rings (SSSR count). The Hall–Kier alpha value is -0.730. The number of carbonyl (C=O) groups is 1. The Labute approximate surface area is 213 Å². The summed E-state index contributed by atoms with van der Waals surface area (Å²) in [6.45, 7) is 2.48. The van der Waals surface area contributed by atoms with Crippen molar-refractivity contribution in [1.82, 2.24) is 0 Å². The van der Waals surface area contributed by atoms with Crippen molar-refractivity contribution in [1.29, 1.82) is 0 Å². The Morgan fingerprint density at radius 1 is 0.571 bits per heavy atom. The third kappa shape index (κ3) is 15.2. The number of carbonyl (C=O) groups excluding carboxylic acids is 1. The van der Waals surface area contributed by atoms with Crippen molar-refractivity contribution in [2.24, 2.45) is 0 Å². The second-order valence-corrected chi connectivity index (χ2v) is 10.3. The van der Waals surface area contributed by atoms with Crippen LogP contribution in [0.5, 0.6) is 0 Å². The van der Waals surface area contributed by atoms with Crippen LogP contribution in [0.2, 0.25) is 0 Å². The highest BCUT2D eigenvalue weighted by Gasteiger charge is 2.46. The molecule has 1 aliphatic heterocycles. The summed E-state index contributed by atoms with van der Waals surface area (Å²) >= 11 is 0. The van der Waals surface area contributed by atoms with Crippen LogP contribution in [0, 0.1) is 0 Å². The summed E-state index contributed by atoms with van der Waals surface area (Å²) in [4.78, 5) is 12.0. The summed E-state index contributed by atoms with van der Waals surface area (Å²) < 4.78 is 9.95. The van der Waals surface area contributed by atoms with Gasteiger partial charge in [0.25, 0.3) is 0 Å². The molecule has 0 unspecified atom stereocenters. The van der Waals surface area contributed by atoms with Crippen molar-refractivity contribution < 1.29 is 34.7 Å². The highest BCUT2D eigenvalue weighted by Crippen LogP contribution is 2.21. The Morgan fingerprint density at radius 2 is 0.943 bits per heavy atom. The number of aliphatic hydroxyl groups excluding tert-OH is 4. The number of esters is 1. The van der Waals surface area contributed by atoms with Gasteiger partial charge in [-0.15, -0.1) is 0 Å². The minimum atomic E-state index is -1.73. The van der Waals surface area contributed by atoms with Gasteiger partial charge in [0, 0.05) is 0 Å². The van der Waals surface area contributed by atoms with Gasteiger partial charge in [-0.2, -0.15) is 0 Å². The van der Waals surface area contributed by atoms with Crippen LogP contribution in [0.1, 0.15) is 135 Å². The highest BCUT2D eigenvalue weighted by molar-refractivity contribution is 5.75. The van der Waals surface area contributed by atoms with Gasteiger partial charge in [0.2, 0.25) is 0 Å². The maximum absolute atomic E-state index is 12.0. The van der Waals surface area contributed by atoms with E-state index in [0.29, 0.717) is 0 Å². The van der Waals surface area contributed by atoms with Gasteiger partial charge in [0.15, 0.2) is 12.4 Å². The molecular formula is C28H54O7. The molecule has 1 fully saturated rings. The molecule has 5 atom stereocenters. The number of rotatable bonds is 22. The molecule has 1 aliphatic rings. The lowest BCUT2D eigenvalue weighted by molar-refractivity contribution is -0.281. The zero-order valence-electron chi connectivity index (χ0n) is 22.2. The summed E-state index contributed by atoms with van der Waals surface area (Å²) in [5.41, 5.74) is 0. The summed E-state index contributed by atoms with van der Waals surface area (Å²) in [6.07, 6.45) is 17.9. The standard InChI is InChI=1S/C28H54O7/c1-2-3-4-5-6-7-8-9-10-11-12-13-14-15-16-17-18-19-20-21-22-34-28(33)26-24(30)23(29)25(31)27(32)35-26/h23-27,29-32H,2-22H2,1H3/t23-,24+,25+,26-,27-/m0/s1. The molecule has 35 heavy (non-hydrogen) atoms. The third-order valence-corrected chi connectivity index (χ3v) is 7.06. The molecule has 0 aromatic rings. The fourth-order valence-electron chi connectivity index (χ4n) is 4.67. The fraction of sp³-hybridized carbons (Fsp3) is 0.964. The molecule has 7 heteroatoms. The van der Waals surface area contributed by atoms with E-state index >= 15 is 0 Å². The van der Waals surface area contributed by atoms with E-state index in [-0.39, 0.29) is 6.61 Å². The molecular weight excluding hydrogens is 448 g/mol. The predicted octanol–water partition coefficient (Wildman–Crippen LogP) is 5.15. The molecule has 4 N–H and O–H groups in total. The third-order valence-electron chi connectivity index (χ3n) is 7.06. The molecule has 7 nitrogen and oxygen atoms in total. The second kappa shape index (κ2) is 21.4. The minimum absolute atomic E-state index is 0.207. The van der Waals surface area contributed by atoms with Gasteiger partial charge in [-0.05, 0) is 6.42 Å². The van der Waals surface area contributed by atoms with Crippen molar-refractivity contribution in [3.8, 4) is 0 Å². The Bertz CT molecular complexity index is 502. The van der Waals surface area contributed by atoms with Gasteiger partial charge < -0.3 is 29.9 Å². The number of hydrogen-bond donors (Lipinski definition) is 4. The van der Waals surface area contributed by atoms with E-state index in [9.17, 15) is 25.2 Å². The smallest absolute Gasteiger partial charge is 0.338 e. The molecule has 0 aromatic heterocycles. The largest absolute Gasteiger partial charge is 0.464 e. The number of unbranched alkanes of at least 4 members (excludes halogenated alkanes) is 19. The van der Waals surface area contributed by atoms with E-state index in [0.717, 1.165) is 19.3 Å². The maximum Gasteiger partial charge on any atom is 0.338 e. The average molecular weight is 503 g/mol. The van der Waals surface area contributed by atoms with Crippen LogP contribution in [-0.2, 0) is 14.3 Å². The van der Waals surface area contributed by atoms with Crippen molar-refractivity contribution in [2.45, 2.75) is 166 Å². The van der Waals surface area contributed by atoms with Crippen LogP contribution in [-0.4, -0.2) is 63.7 Å². The normalized spacial score (nSPS) is 24.5. The first-order valence-corrected chi connectivity index (χ1v) is 14.5. The molecule has 0 radical (unpaired) electrons. The highest BCUT2D eigenvalue weighted by atomic mass is 16.7. The number of aliphatic hydroxyl groups is 4. The van der Waals surface area contributed by atoms with E-state index in [1.165, 1.54) is 109 Å². The molecule has 0 amide bonds. The Balaban J connectivity index is 1.81. The first kappa shape index (κ1) is 32.3. The quantitative estimate of drug-likeness (QED) is 0.119. The van der Waals surface area contributed by atoms with Crippen LogP contribution in [0.4, 0.5) is 0 Å². The molecule has 0 bridgehead atoms. The first-order chi connectivity index (χ1) is 17.0. The molecule has 0 saturated carbocycles. The van der Waals surface area contributed by atoms with Crippen molar-refractivity contribution in [3.05, 3.63) is 0 Å². The zero-order chi connectivity index (χ0) is 25.7. The zero-order valence-corrected chi connectivity index (χ0v) is 22.2. The average Bonchev–Trinajstić information content (AvgIpc) is 2.85. The van der Waals surface area contributed by atoms with Crippen LogP contribution in [0.15, 0.2) is 0 Å². The molecule has 0 aliphatic carbocycles. The summed E-state index contributed by atoms with van der Waals surface area (Å²) in [5, 5.41) is 38.4. The van der Waals surface area contributed by atoms with Gasteiger partial charge in [-0.3, -0.25) is 0 Å². The van der Waals surface area contributed by atoms with Crippen LogP contribution < -0.4 is 0 Å². The van der Waals surface area contributed by atoms with Crippen molar-refractivity contribution in [3.63, 3.8) is 0 Å². The lowest BCUT2D eigenvalue weighted by atomic mass is 9.99. The summed E-state index contributed by atoms with van der Waals surface area (Å²) in [7, 11) is 0. The predicted molar refractivity (Wildman–Crippen MR) is 138 cm³/mol. The van der Waals surface area contributed by atoms with Crippen LogP contribution in [0.3, 0.4) is 0 Å². The Morgan fingerprint density at radius 3 is 1.34 bits per heavy atom. The summed E-state index contributed by atoms with van der Waals surface area (Å²) in [6, 6.07) is 0. The van der Waals surface area contributed by atoms with E-state index in [2.05, 4.69) is 6.92 Å². The second-order valence-electron chi connectivity index (χ2n) is 10.3. The lowest BCUT2D eigenvalue weighted by Crippen LogP contribution is -2.59. The van der Waals surface area contributed by atoms with Gasteiger partial charge >= 0.3 is 5.97 Å². The molecule has 1 saturated heterocycles. The van der Waals surface area contributed by atoms with E-state index in [1.54, 1.807) is 0 Å². The van der Waals surface area contributed by atoms with Crippen LogP contribution >= 0.6 is 0 Å². The van der Waals surface area contributed by atoms with E-state index < -0.39 is 36.7 Å². The Kier molecular flexibility index (Phi) is 19.7. The van der Waals surface area contributed by atoms with E-state index in [4.69, 9.17) is 9.47 Å². The molecule has 0 aromatic carbocycles. The molecule has 1 heterocycles. The SMILES string of the molecule is CCCCCCCCCCCCCCCCCCCCCCOC(=O)[C@H]1O[C@H](O)[C@H](O)[C@@H](O)[C@H]1O. The van der Waals surface area contributed by atoms with Crippen LogP contribution in [0.25, 0.3) is 0 Å². The maximum atomic E-state index is 12.0. The first-order valence-electron chi connectivity index (χ1n) is 14.5. The van der Waals surface area contributed by atoms with E-state index in [1.807, 2.05) is 0 Å². The molecule has 208 valence electrons. The summed E-state index contributed by atoms with van der Waals surface area (Å²) in [5.74, 6) is -0.833. The van der Waals surface area contributed by atoms with Gasteiger partial charge in [0.1, 0.15) is 18.3 Å². The van der Waals surface area contributed by atoms with Gasteiger partial charge in [-0.1, -0.05) is 129 Å². The minimum Gasteiger partial charge on any atom is -0.464 e. The van der Waals surface area contributed by atoms with Gasteiger partial charge in [-0.25, -0.2) is 4.79 Å². The van der Waals surface area contributed by atoms with Crippen molar-refractivity contribution in [2.75, 3.05) is 6.61 Å². The van der Waals surface area contributed by atoms with Gasteiger partial charge in [0.05, 0.1) is 6.61 Å². The topological polar surface area (TPSA) is 116 Å². The number of ether oxygens (including phenoxy) is 2. The molecule has 0 spiro atoms. The monoisotopic (exact) mass is 502 g/mol. The fourth-order valence-corrected chi connectivity index (χ4v) is 4.67. The number of hydrogen-bond acceptors (Lipinski definition) is 7. The van der Waals surface area contributed by atoms with Crippen molar-refractivity contribution >= 4 is 5.97 Å². The lowest BCUT2D eigenvalue weighted by Gasteiger charge is -2.36.